The van der Waals surface area contributed by atoms with Crippen molar-refractivity contribution in [3.63, 3.8) is 0 Å². The van der Waals surface area contributed by atoms with E-state index in [0.717, 1.165) is 10.5 Å². The first-order valence-corrected chi connectivity index (χ1v) is 6.05. The lowest BCUT2D eigenvalue weighted by atomic mass is 10.0. The van der Waals surface area contributed by atoms with Gasteiger partial charge in [-0.15, -0.1) is 12.6 Å². The molecule has 0 saturated carbocycles. The van der Waals surface area contributed by atoms with Gasteiger partial charge in [-0.25, -0.2) is 0 Å². The summed E-state index contributed by atoms with van der Waals surface area (Å²) in [5.41, 5.74) is 2.31. The van der Waals surface area contributed by atoms with Crippen LogP contribution in [0.2, 0.25) is 0 Å². The number of benzene rings is 2. The van der Waals surface area contributed by atoms with Gasteiger partial charge in [-0.1, -0.05) is 29.8 Å². The number of methoxy groups -OCH3 is 1. The zero-order chi connectivity index (χ0) is 13.1. The van der Waals surface area contributed by atoms with Crippen molar-refractivity contribution in [2.75, 3.05) is 7.11 Å². The Kier molecular flexibility index (Phi) is 3.72. The van der Waals surface area contributed by atoms with Gasteiger partial charge >= 0.3 is 0 Å². The van der Waals surface area contributed by atoms with Gasteiger partial charge in [-0.3, -0.25) is 4.79 Å². The highest BCUT2D eigenvalue weighted by Gasteiger charge is 2.14. The van der Waals surface area contributed by atoms with Gasteiger partial charge < -0.3 is 4.74 Å². The van der Waals surface area contributed by atoms with E-state index < -0.39 is 0 Å². The normalized spacial score (nSPS) is 10.2. The highest BCUT2D eigenvalue weighted by molar-refractivity contribution is 7.80. The summed E-state index contributed by atoms with van der Waals surface area (Å²) in [6.07, 6.45) is 0. The number of rotatable bonds is 3. The third-order valence-electron chi connectivity index (χ3n) is 2.74. The number of carbonyl (C=O) groups excluding carboxylic acids is 1. The summed E-state index contributed by atoms with van der Waals surface area (Å²) in [7, 11) is 1.56. The number of thiol groups is 1. The molecule has 0 unspecified atom stereocenters. The fraction of sp³-hybridized carbons (Fsp3) is 0.133. The zero-order valence-electron chi connectivity index (χ0n) is 10.3. The van der Waals surface area contributed by atoms with E-state index in [1.165, 1.54) is 0 Å². The molecule has 0 bridgehead atoms. The molecule has 2 aromatic carbocycles. The average Bonchev–Trinajstić information content (AvgIpc) is 2.39. The van der Waals surface area contributed by atoms with Crippen LogP contribution in [0, 0.1) is 6.92 Å². The van der Waals surface area contributed by atoms with Crippen LogP contribution in [0.4, 0.5) is 0 Å². The Labute approximate surface area is 112 Å². The maximum atomic E-state index is 12.4. The van der Waals surface area contributed by atoms with Crippen LogP contribution in [0.1, 0.15) is 21.5 Å². The minimum Gasteiger partial charge on any atom is -0.496 e. The second-order valence-corrected chi connectivity index (χ2v) is 4.60. The quantitative estimate of drug-likeness (QED) is 0.673. The minimum absolute atomic E-state index is 0.0530. The molecule has 18 heavy (non-hydrogen) atoms. The number of hydrogen-bond acceptors (Lipinski definition) is 3. The van der Waals surface area contributed by atoms with Crippen LogP contribution in [-0.4, -0.2) is 12.9 Å². The molecule has 0 aliphatic heterocycles. The molecule has 0 aliphatic rings. The number of ether oxygens (including phenoxy) is 1. The van der Waals surface area contributed by atoms with Crippen LogP contribution < -0.4 is 4.74 Å². The smallest absolute Gasteiger partial charge is 0.196 e. The van der Waals surface area contributed by atoms with Gasteiger partial charge in [0.2, 0.25) is 0 Å². The zero-order valence-corrected chi connectivity index (χ0v) is 11.2. The molecular formula is C15H14O2S. The van der Waals surface area contributed by atoms with Crippen LogP contribution in [0.15, 0.2) is 47.4 Å². The molecule has 92 valence electrons. The van der Waals surface area contributed by atoms with Crippen molar-refractivity contribution in [3.8, 4) is 5.75 Å². The van der Waals surface area contributed by atoms with E-state index >= 15 is 0 Å². The lowest BCUT2D eigenvalue weighted by Crippen LogP contribution is -2.04. The third kappa shape index (κ3) is 2.57. The molecule has 0 spiro atoms. The van der Waals surface area contributed by atoms with Crippen LogP contribution in [-0.2, 0) is 0 Å². The molecule has 0 N–H and O–H groups in total. The van der Waals surface area contributed by atoms with Crippen LogP contribution in [0.3, 0.4) is 0 Å². The molecule has 2 nitrogen and oxygen atoms in total. The van der Waals surface area contributed by atoms with E-state index in [2.05, 4.69) is 12.6 Å². The molecule has 0 aliphatic carbocycles. The van der Waals surface area contributed by atoms with Crippen molar-refractivity contribution < 1.29 is 9.53 Å². The topological polar surface area (TPSA) is 26.3 Å². The summed E-state index contributed by atoms with van der Waals surface area (Å²) in [4.78, 5) is 13.1. The molecule has 0 atom stereocenters. The highest BCUT2D eigenvalue weighted by atomic mass is 32.1. The number of ketones is 1. The van der Waals surface area contributed by atoms with Gasteiger partial charge in [0.1, 0.15) is 5.75 Å². The summed E-state index contributed by atoms with van der Waals surface area (Å²) < 4.78 is 5.21. The van der Waals surface area contributed by atoms with Gasteiger partial charge in [0, 0.05) is 10.5 Å². The molecule has 0 fully saturated rings. The molecule has 0 heterocycles. The fourth-order valence-corrected chi connectivity index (χ4v) is 1.94. The number of aryl methyl sites for hydroxylation is 1. The Morgan fingerprint density at radius 1 is 1.11 bits per heavy atom. The van der Waals surface area contributed by atoms with Crippen molar-refractivity contribution in [2.24, 2.45) is 0 Å². The SMILES string of the molecule is COc1ccc(S)cc1C(=O)c1ccc(C)cc1. The summed E-state index contributed by atoms with van der Waals surface area (Å²) in [6, 6.07) is 12.8. The van der Waals surface area contributed by atoms with Gasteiger partial charge in [0.25, 0.3) is 0 Å². The lowest BCUT2D eigenvalue weighted by Gasteiger charge is -2.08. The van der Waals surface area contributed by atoms with Gasteiger partial charge in [-0.05, 0) is 25.1 Å². The molecular weight excluding hydrogens is 244 g/mol. The Morgan fingerprint density at radius 3 is 2.39 bits per heavy atom. The first-order valence-electron chi connectivity index (χ1n) is 5.60. The maximum Gasteiger partial charge on any atom is 0.196 e. The monoisotopic (exact) mass is 258 g/mol. The van der Waals surface area contributed by atoms with Crippen molar-refractivity contribution in [3.05, 3.63) is 59.2 Å². The Morgan fingerprint density at radius 2 is 1.78 bits per heavy atom. The van der Waals surface area contributed by atoms with E-state index in [1.807, 2.05) is 31.2 Å². The first kappa shape index (κ1) is 12.7. The summed E-state index contributed by atoms with van der Waals surface area (Å²) in [5.74, 6) is 0.515. The third-order valence-corrected chi connectivity index (χ3v) is 3.02. The van der Waals surface area contributed by atoms with E-state index in [0.29, 0.717) is 16.9 Å². The standard InChI is InChI=1S/C15H14O2S/c1-10-3-5-11(6-4-10)15(16)13-9-12(18)7-8-14(13)17-2/h3-9,18H,1-2H3. The van der Waals surface area contributed by atoms with Gasteiger partial charge in [0.05, 0.1) is 12.7 Å². The molecule has 0 saturated heterocycles. The minimum atomic E-state index is -0.0530. The van der Waals surface area contributed by atoms with Crippen LogP contribution >= 0.6 is 12.6 Å². The predicted molar refractivity (Wildman–Crippen MR) is 74.9 cm³/mol. The highest BCUT2D eigenvalue weighted by Crippen LogP contribution is 2.24. The molecule has 0 radical (unpaired) electrons. The maximum absolute atomic E-state index is 12.4. The van der Waals surface area contributed by atoms with Gasteiger partial charge in [0.15, 0.2) is 5.78 Å². The van der Waals surface area contributed by atoms with E-state index in [4.69, 9.17) is 4.74 Å². The van der Waals surface area contributed by atoms with E-state index in [1.54, 1.807) is 25.3 Å². The summed E-state index contributed by atoms with van der Waals surface area (Å²) >= 11 is 4.26. The fourth-order valence-electron chi connectivity index (χ4n) is 1.73. The predicted octanol–water partition coefficient (Wildman–Crippen LogP) is 3.52. The van der Waals surface area contributed by atoms with Crippen molar-refractivity contribution in [2.45, 2.75) is 11.8 Å². The molecule has 0 aromatic heterocycles. The summed E-state index contributed by atoms with van der Waals surface area (Å²) in [5, 5.41) is 0. The molecule has 2 aromatic rings. The number of hydrogen-bond donors (Lipinski definition) is 1. The number of carbonyl (C=O) groups is 1. The van der Waals surface area contributed by atoms with Crippen LogP contribution in [0.5, 0.6) is 5.75 Å². The molecule has 0 amide bonds. The first-order chi connectivity index (χ1) is 8.61. The van der Waals surface area contributed by atoms with Crippen molar-refractivity contribution in [1.29, 1.82) is 0 Å². The second kappa shape index (κ2) is 5.27. The summed E-state index contributed by atoms with van der Waals surface area (Å²) in [6.45, 7) is 1.99. The lowest BCUT2D eigenvalue weighted by molar-refractivity contribution is 0.103. The second-order valence-electron chi connectivity index (χ2n) is 4.08. The van der Waals surface area contributed by atoms with Crippen molar-refractivity contribution >= 4 is 18.4 Å². The van der Waals surface area contributed by atoms with Gasteiger partial charge in [-0.2, -0.15) is 0 Å². The molecule has 2 rings (SSSR count). The van der Waals surface area contributed by atoms with E-state index in [9.17, 15) is 4.79 Å². The average molecular weight is 258 g/mol. The Hall–Kier alpha value is -1.74. The van der Waals surface area contributed by atoms with E-state index in [-0.39, 0.29) is 5.78 Å². The Balaban J connectivity index is 2.45. The van der Waals surface area contributed by atoms with Crippen LogP contribution in [0.25, 0.3) is 0 Å². The van der Waals surface area contributed by atoms with Crippen molar-refractivity contribution in [1.82, 2.24) is 0 Å². The largest absolute Gasteiger partial charge is 0.496 e. The molecule has 3 heteroatoms. The Bertz CT molecular complexity index is 574.